The average Bonchev–Trinajstić information content (AvgIpc) is 2.41. The minimum atomic E-state index is -0.348. The Balaban J connectivity index is 2.46. The smallest absolute Gasteiger partial charge is 0.128 e. The van der Waals surface area contributed by atoms with E-state index in [1.54, 1.807) is 0 Å². The molecule has 1 N–H and O–H groups in total. The number of fused-ring (bicyclic) bond motifs is 1. The Morgan fingerprint density at radius 2 is 2.36 bits per heavy atom. The second kappa shape index (κ2) is 4.01. The summed E-state index contributed by atoms with van der Waals surface area (Å²) in [7, 11) is 0. The summed E-state index contributed by atoms with van der Waals surface area (Å²) in [5.74, 6) is 0.917. The van der Waals surface area contributed by atoms with E-state index in [0.29, 0.717) is 0 Å². The van der Waals surface area contributed by atoms with E-state index in [1.807, 2.05) is 12.1 Å². The van der Waals surface area contributed by atoms with Crippen LogP contribution in [0.5, 0.6) is 5.75 Å². The van der Waals surface area contributed by atoms with E-state index in [0.717, 1.165) is 37.2 Å². The molecule has 1 aliphatic rings. The van der Waals surface area contributed by atoms with Crippen molar-refractivity contribution in [3.63, 3.8) is 0 Å². The van der Waals surface area contributed by atoms with E-state index in [1.165, 1.54) is 5.56 Å². The standard InChI is InChI=1S/C12H16O2/c1-2-9-5-3-6-10-11(13)7-4-8-14-12(9)10/h3,5-6,11,13H,2,4,7-8H2,1H3/t11-/m1/s1. The molecule has 14 heavy (non-hydrogen) atoms. The second-order valence-electron chi connectivity index (χ2n) is 3.70. The molecule has 1 aromatic carbocycles. The highest BCUT2D eigenvalue weighted by atomic mass is 16.5. The number of aryl methyl sites for hydroxylation is 1. The number of aliphatic hydroxyl groups excluding tert-OH is 1. The Hall–Kier alpha value is -1.02. The summed E-state index contributed by atoms with van der Waals surface area (Å²) < 4.78 is 5.68. The van der Waals surface area contributed by atoms with Gasteiger partial charge in [-0.15, -0.1) is 0 Å². The zero-order valence-electron chi connectivity index (χ0n) is 8.49. The molecule has 1 atom stereocenters. The van der Waals surface area contributed by atoms with Crippen LogP contribution in [0.15, 0.2) is 18.2 Å². The van der Waals surface area contributed by atoms with Crippen LogP contribution in [0.4, 0.5) is 0 Å². The molecule has 1 aromatic rings. The zero-order valence-corrected chi connectivity index (χ0v) is 8.49. The molecule has 2 nitrogen and oxygen atoms in total. The van der Waals surface area contributed by atoms with E-state index in [4.69, 9.17) is 4.74 Å². The van der Waals surface area contributed by atoms with Crippen LogP contribution in [0.1, 0.15) is 37.0 Å². The van der Waals surface area contributed by atoms with Gasteiger partial charge in [-0.2, -0.15) is 0 Å². The van der Waals surface area contributed by atoms with Gasteiger partial charge in [0.2, 0.25) is 0 Å². The van der Waals surface area contributed by atoms with Crippen molar-refractivity contribution in [2.24, 2.45) is 0 Å². The molecule has 2 rings (SSSR count). The third-order valence-electron chi connectivity index (χ3n) is 2.74. The highest BCUT2D eigenvalue weighted by Crippen LogP contribution is 2.34. The highest BCUT2D eigenvalue weighted by molar-refractivity contribution is 5.43. The first kappa shape index (κ1) is 9.53. The molecular weight excluding hydrogens is 176 g/mol. The van der Waals surface area contributed by atoms with Crippen LogP contribution in [-0.4, -0.2) is 11.7 Å². The molecule has 0 saturated carbocycles. The quantitative estimate of drug-likeness (QED) is 0.740. The molecule has 0 spiro atoms. The van der Waals surface area contributed by atoms with Crippen molar-refractivity contribution in [3.05, 3.63) is 29.3 Å². The minimum Gasteiger partial charge on any atom is -0.493 e. The minimum absolute atomic E-state index is 0.348. The lowest BCUT2D eigenvalue weighted by Crippen LogP contribution is -1.99. The van der Waals surface area contributed by atoms with Crippen molar-refractivity contribution in [1.29, 1.82) is 0 Å². The first-order valence-corrected chi connectivity index (χ1v) is 5.25. The van der Waals surface area contributed by atoms with Gasteiger partial charge >= 0.3 is 0 Å². The molecule has 0 unspecified atom stereocenters. The largest absolute Gasteiger partial charge is 0.493 e. The summed E-state index contributed by atoms with van der Waals surface area (Å²) in [4.78, 5) is 0. The molecule has 1 heterocycles. The molecule has 0 fully saturated rings. The second-order valence-corrected chi connectivity index (χ2v) is 3.70. The predicted molar refractivity (Wildman–Crippen MR) is 55.5 cm³/mol. The third-order valence-corrected chi connectivity index (χ3v) is 2.74. The molecule has 1 aliphatic heterocycles. The van der Waals surface area contributed by atoms with Crippen molar-refractivity contribution in [2.45, 2.75) is 32.3 Å². The van der Waals surface area contributed by atoms with Crippen molar-refractivity contribution in [2.75, 3.05) is 6.61 Å². The maximum atomic E-state index is 9.88. The maximum Gasteiger partial charge on any atom is 0.128 e. The molecule has 0 saturated heterocycles. The fraction of sp³-hybridized carbons (Fsp3) is 0.500. The summed E-state index contributed by atoms with van der Waals surface area (Å²) >= 11 is 0. The fourth-order valence-corrected chi connectivity index (χ4v) is 1.93. The van der Waals surface area contributed by atoms with Crippen molar-refractivity contribution >= 4 is 0 Å². The van der Waals surface area contributed by atoms with Crippen LogP contribution < -0.4 is 4.74 Å². The number of rotatable bonds is 1. The normalized spacial score (nSPS) is 20.9. The number of para-hydroxylation sites is 1. The van der Waals surface area contributed by atoms with Crippen LogP contribution in [0.25, 0.3) is 0 Å². The zero-order chi connectivity index (χ0) is 9.97. The lowest BCUT2D eigenvalue weighted by molar-refractivity contribution is 0.167. The number of benzene rings is 1. The molecule has 0 bridgehead atoms. The van der Waals surface area contributed by atoms with Gasteiger partial charge in [0, 0.05) is 5.56 Å². The molecule has 0 amide bonds. The highest BCUT2D eigenvalue weighted by Gasteiger charge is 2.18. The van der Waals surface area contributed by atoms with Gasteiger partial charge in [-0.25, -0.2) is 0 Å². The number of aliphatic hydroxyl groups is 1. The van der Waals surface area contributed by atoms with Crippen molar-refractivity contribution in [3.8, 4) is 5.75 Å². The number of hydrogen-bond acceptors (Lipinski definition) is 2. The first-order chi connectivity index (χ1) is 6.83. The van der Waals surface area contributed by atoms with Gasteiger partial charge in [0.15, 0.2) is 0 Å². The lowest BCUT2D eigenvalue weighted by Gasteiger charge is -2.13. The molecular formula is C12H16O2. The van der Waals surface area contributed by atoms with Gasteiger partial charge in [-0.1, -0.05) is 25.1 Å². The summed E-state index contributed by atoms with van der Waals surface area (Å²) in [6.45, 7) is 2.83. The fourth-order valence-electron chi connectivity index (χ4n) is 1.93. The van der Waals surface area contributed by atoms with Gasteiger partial charge in [-0.05, 0) is 24.8 Å². The van der Waals surface area contributed by atoms with Gasteiger partial charge in [0.05, 0.1) is 12.7 Å². The van der Waals surface area contributed by atoms with Crippen LogP contribution in [-0.2, 0) is 6.42 Å². The maximum absolute atomic E-state index is 9.88. The summed E-state index contributed by atoms with van der Waals surface area (Å²) in [6, 6.07) is 6.02. The van der Waals surface area contributed by atoms with Crippen molar-refractivity contribution < 1.29 is 9.84 Å². The van der Waals surface area contributed by atoms with E-state index in [9.17, 15) is 5.11 Å². The molecule has 76 valence electrons. The average molecular weight is 192 g/mol. The summed E-state index contributed by atoms with van der Waals surface area (Å²) in [5, 5.41) is 9.88. The Bertz CT molecular complexity index is 320. The van der Waals surface area contributed by atoms with E-state index >= 15 is 0 Å². The van der Waals surface area contributed by atoms with Gasteiger partial charge in [0.25, 0.3) is 0 Å². The van der Waals surface area contributed by atoms with Gasteiger partial charge in [0.1, 0.15) is 5.75 Å². The van der Waals surface area contributed by atoms with Crippen LogP contribution in [0, 0.1) is 0 Å². The SMILES string of the molecule is CCc1cccc2c1OCCC[C@H]2O. The summed E-state index contributed by atoms with van der Waals surface area (Å²) in [6.07, 6.45) is 2.34. The third kappa shape index (κ3) is 1.62. The topological polar surface area (TPSA) is 29.5 Å². The van der Waals surface area contributed by atoms with Gasteiger partial charge in [-0.3, -0.25) is 0 Å². The molecule has 2 heteroatoms. The van der Waals surface area contributed by atoms with E-state index in [2.05, 4.69) is 13.0 Å². The Morgan fingerprint density at radius 3 is 3.14 bits per heavy atom. The molecule has 0 radical (unpaired) electrons. The summed E-state index contributed by atoms with van der Waals surface area (Å²) in [5.41, 5.74) is 2.16. The lowest BCUT2D eigenvalue weighted by atomic mass is 10.0. The Kier molecular flexibility index (Phi) is 2.73. The Morgan fingerprint density at radius 1 is 1.50 bits per heavy atom. The first-order valence-electron chi connectivity index (χ1n) is 5.25. The van der Waals surface area contributed by atoms with Crippen LogP contribution >= 0.6 is 0 Å². The van der Waals surface area contributed by atoms with Gasteiger partial charge < -0.3 is 9.84 Å². The van der Waals surface area contributed by atoms with Crippen LogP contribution in [0.2, 0.25) is 0 Å². The number of hydrogen-bond donors (Lipinski definition) is 1. The Labute approximate surface area is 84.5 Å². The predicted octanol–water partition coefficient (Wildman–Crippen LogP) is 2.46. The monoisotopic (exact) mass is 192 g/mol. The van der Waals surface area contributed by atoms with E-state index < -0.39 is 0 Å². The molecule has 0 aliphatic carbocycles. The van der Waals surface area contributed by atoms with Crippen LogP contribution in [0.3, 0.4) is 0 Å². The number of ether oxygens (including phenoxy) is 1. The van der Waals surface area contributed by atoms with Crippen molar-refractivity contribution in [1.82, 2.24) is 0 Å². The molecule has 0 aromatic heterocycles. The van der Waals surface area contributed by atoms with E-state index in [-0.39, 0.29) is 6.10 Å².